The first-order chi connectivity index (χ1) is 13.8. The summed E-state index contributed by atoms with van der Waals surface area (Å²) in [5.41, 5.74) is 2.94. The average molecular weight is 376 g/mol. The second-order valence-corrected chi connectivity index (χ2v) is 6.84. The van der Waals surface area contributed by atoms with E-state index >= 15 is 0 Å². The van der Waals surface area contributed by atoms with Crippen molar-refractivity contribution in [3.05, 3.63) is 82.7 Å². The summed E-state index contributed by atoms with van der Waals surface area (Å²) in [5.74, 6) is 0.609. The molecule has 3 rings (SSSR count). The highest BCUT2D eigenvalue weighted by Gasteiger charge is 2.14. The van der Waals surface area contributed by atoms with Gasteiger partial charge in [-0.3, -0.25) is 4.79 Å². The van der Waals surface area contributed by atoms with Crippen molar-refractivity contribution in [1.82, 2.24) is 4.98 Å². The van der Waals surface area contributed by atoms with Crippen LogP contribution in [-0.4, -0.2) is 10.8 Å². The van der Waals surface area contributed by atoms with Gasteiger partial charge in [0.2, 0.25) is 5.78 Å². The van der Waals surface area contributed by atoms with Crippen LogP contribution in [0.15, 0.2) is 70.4 Å². The zero-order valence-electron chi connectivity index (χ0n) is 15.8. The number of benzene rings is 2. The number of hydrogen-bond donors (Lipinski definition) is 0. The van der Waals surface area contributed by atoms with E-state index < -0.39 is 0 Å². The average Bonchev–Trinajstić information content (AvgIpc) is 3.22. The summed E-state index contributed by atoms with van der Waals surface area (Å²) >= 11 is 0. The molecule has 1 aromatic heterocycles. The Balaban J connectivity index is 1.43. The maximum atomic E-state index is 12.3. The fourth-order valence-electron chi connectivity index (χ4n) is 3.15. The lowest BCUT2D eigenvalue weighted by molar-refractivity contribution is 0.0946. The number of unbranched alkanes of at least 4 members (excludes halogenated alkanes) is 3. The molecule has 0 aliphatic carbocycles. The van der Waals surface area contributed by atoms with Gasteiger partial charge in [-0.2, -0.15) is 4.91 Å². The van der Waals surface area contributed by atoms with Crippen LogP contribution in [0.5, 0.6) is 0 Å². The molecule has 0 aliphatic heterocycles. The SMILES string of the molecule is O=NCc1cccc(-c2cnc(C(=O)CCCCCCc3ccccc3)o2)c1. The number of oxazole rings is 1. The molecule has 0 amide bonds. The molecule has 0 N–H and O–H groups in total. The number of nitrogens with zero attached hydrogens (tertiary/aromatic N) is 2. The van der Waals surface area contributed by atoms with E-state index in [4.69, 9.17) is 4.42 Å². The molecule has 0 saturated heterocycles. The normalized spacial score (nSPS) is 10.7. The molecule has 2 aromatic carbocycles. The Morgan fingerprint density at radius 2 is 1.71 bits per heavy atom. The largest absolute Gasteiger partial charge is 0.434 e. The molecular weight excluding hydrogens is 352 g/mol. The first-order valence-electron chi connectivity index (χ1n) is 9.67. The summed E-state index contributed by atoms with van der Waals surface area (Å²) < 4.78 is 5.63. The van der Waals surface area contributed by atoms with E-state index in [9.17, 15) is 9.70 Å². The molecule has 0 aliphatic rings. The summed E-state index contributed by atoms with van der Waals surface area (Å²) in [6.07, 6.45) is 7.18. The zero-order valence-corrected chi connectivity index (χ0v) is 15.8. The lowest BCUT2D eigenvalue weighted by Gasteiger charge is -2.02. The van der Waals surface area contributed by atoms with Crippen molar-refractivity contribution in [2.24, 2.45) is 5.18 Å². The molecule has 5 nitrogen and oxygen atoms in total. The van der Waals surface area contributed by atoms with E-state index in [1.807, 2.05) is 30.3 Å². The minimum Gasteiger partial charge on any atom is -0.434 e. The summed E-state index contributed by atoms with van der Waals surface area (Å²) in [7, 11) is 0. The van der Waals surface area contributed by atoms with Crippen molar-refractivity contribution in [2.45, 2.75) is 45.1 Å². The van der Waals surface area contributed by atoms with E-state index in [2.05, 4.69) is 34.4 Å². The molecule has 0 radical (unpaired) electrons. The number of hydrogen-bond acceptors (Lipinski definition) is 5. The number of aryl methyl sites for hydroxylation is 1. The third-order valence-corrected chi connectivity index (χ3v) is 4.66. The zero-order chi connectivity index (χ0) is 19.6. The van der Waals surface area contributed by atoms with E-state index in [1.54, 1.807) is 6.20 Å². The lowest BCUT2D eigenvalue weighted by Crippen LogP contribution is -1.99. The molecule has 0 atom stereocenters. The van der Waals surface area contributed by atoms with Crippen molar-refractivity contribution in [2.75, 3.05) is 0 Å². The first kappa shape index (κ1) is 19.7. The van der Waals surface area contributed by atoms with Gasteiger partial charge in [0.25, 0.3) is 5.89 Å². The highest BCUT2D eigenvalue weighted by atomic mass is 16.4. The van der Waals surface area contributed by atoms with Gasteiger partial charge in [0, 0.05) is 12.0 Å². The van der Waals surface area contributed by atoms with E-state index in [-0.39, 0.29) is 18.2 Å². The Morgan fingerprint density at radius 3 is 2.54 bits per heavy atom. The quantitative estimate of drug-likeness (QED) is 0.234. The van der Waals surface area contributed by atoms with Crippen molar-refractivity contribution in [1.29, 1.82) is 0 Å². The molecule has 0 unspecified atom stereocenters. The Morgan fingerprint density at radius 1 is 0.929 bits per heavy atom. The summed E-state index contributed by atoms with van der Waals surface area (Å²) in [6, 6.07) is 17.8. The van der Waals surface area contributed by atoms with Crippen molar-refractivity contribution < 1.29 is 9.21 Å². The predicted molar refractivity (Wildman–Crippen MR) is 109 cm³/mol. The fraction of sp³-hybridized carbons (Fsp3) is 0.304. The summed E-state index contributed by atoms with van der Waals surface area (Å²) in [6.45, 7) is 0.109. The van der Waals surface area contributed by atoms with Crippen molar-refractivity contribution in [3.63, 3.8) is 0 Å². The van der Waals surface area contributed by atoms with Gasteiger partial charge in [-0.25, -0.2) is 4.98 Å². The maximum Gasteiger partial charge on any atom is 0.263 e. The molecule has 28 heavy (non-hydrogen) atoms. The van der Waals surface area contributed by atoms with Gasteiger partial charge in [0.05, 0.1) is 6.20 Å². The maximum absolute atomic E-state index is 12.3. The standard InChI is InChI=1S/C23H24N2O3/c26-21(14-7-2-1-4-9-18-10-5-3-6-11-18)23-24-17-22(28-23)20-13-8-12-19(15-20)16-25-27/h3,5-6,8,10-13,15,17H,1-2,4,7,9,14,16H2. The van der Waals surface area contributed by atoms with Crippen LogP contribution in [0.4, 0.5) is 0 Å². The molecule has 3 aromatic rings. The number of carbonyl (C=O) groups is 1. The number of aromatic nitrogens is 1. The van der Waals surface area contributed by atoms with Crippen molar-refractivity contribution >= 4 is 5.78 Å². The molecule has 0 bridgehead atoms. The minimum absolute atomic E-state index is 0.0694. The van der Waals surface area contributed by atoms with Crippen LogP contribution in [0, 0.1) is 4.91 Å². The van der Waals surface area contributed by atoms with Gasteiger partial charge in [0.1, 0.15) is 6.54 Å². The van der Waals surface area contributed by atoms with Gasteiger partial charge in [0.15, 0.2) is 5.76 Å². The van der Waals surface area contributed by atoms with E-state index in [1.165, 1.54) is 5.56 Å². The van der Waals surface area contributed by atoms with Gasteiger partial charge in [-0.15, -0.1) is 0 Å². The highest BCUT2D eigenvalue weighted by Crippen LogP contribution is 2.23. The van der Waals surface area contributed by atoms with E-state index in [0.29, 0.717) is 12.2 Å². The molecule has 0 saturated carbocycles. The molecule has 144 valence electrons. The summed E-state index contributed by atoms with van der Waals surface area (Å²) in [5, 5.41) is 2.90. The Bertz CT molecular complexity index is 903. The molecule has 1 heterocycles. The van der Waals surface area contributed by atoms with Gasteiger partial charge in [-0.1, -0.05) is 66.5 Å². The van der Waals surface area contributed by atoms with Crippen LogP contribution in [0.1, 0.15) is 53.9 Å². The smallest absolute Gasteiger partial charge is 0.263 e. The van der Waals surface area contributed by atoms with Gasteiger partial charge < -0.3 is 4.42 Å². The predicted octanol–water partition coefficient (Wildman–Crippen LogP) is 5.98. The third kappa shape index (κ3) is 5.71. The van der Waals surface area contributed by atoms with Crippen LogP contribution in [0.25, 0.3) is 11.3 Å². The van der Waals surface area contributed by atoms with Crippen LogP contribution < -0.4 is 0 Å². The minimum atomic E-state index is -0.0694. The Kier molecular flexibility index (Phi) is 7.24. The number of nitroso groups, excluding NO2 is 1. The Labute approximate surface area is 164 Å². The number of ketones is 1. The topological polar surface area (TPSA) is 72.5 Å². The number of rotatable bonds is 11. The lowest BCUT2D eigenvalue weighted by atomic mass is 10.0. The number of Topliss-reactive ketones (excluding diaryl/α,β-unsaturated/α-hetero) is 1. The van der Waals surface area contributed by atoms with E-state index in [0.717, 1.165) is 43.2 Å². The highest BCUT2D eigenvalue weighted by molar-refractivity contribution is 5.92. The van der Waals surface area contributed by atoms with Crippen LogP contribution in [0.2, 0.25) is 0 Å². The Hall–Kier alpha value is -3.08. The molecule has 0 fully saturated rings. The fourth-order valence-corrected chi connectivity index (χ4v) is 3.15. The molecule has 0 spiro atoms. The van der Waals surface area contributed by atoms with Gasteiger partial charge >= 0.3 is 0 Å². The molecular formula is C23H24N2O3. The second-order valence-electron chi connectivity index (χ2n) is 6.84. The van der Waals surface area contributed by atoms with Gasteiger partial charge in [-0.05, 0) is 36.5 Å². The van der Waals surface area contributed by atoms with Crippen molar-refractivity contribution in [3.8, 4) is 11.3 Å². The monoisotopic (exact) mass is 376 g/mol. The van der Waals surface area contributed by atoms with Crippen LogP contribution in [0.3, 0.4) is 0 Å². The summed E-state index contributed by atoms with van der Waals surface area (Å²) in [4.78, 5) is 26.8. The first-order valence-corrected chi connectivity index (χ1v) is 9.67. The van der Waals surface area contributed by atoms with Crippen LogP contribution >= 0.6 is 0 Å². The van der Waals surface area contributed by atoms with Crippen LogP contribution in [-0.2, 0) is 13.0 Å². The second kappa shape index (κ2) is 10.3. The molecule has 5 heteroatoms. The number of carbonyl (C=O) groups excluding carboxylic acids is 1. The third-order valence-electron chi connectivity index (χ3n) is 4.66.